The quantitative estimate of drug-likeness (QED) is 0.629. The summed E-state index contributed by atoms with van der Waals surface area (Å²) < 4.78 is 30.3. The van der Waals surface area contributed by atoms with Crippen LogP contribution in [-0.4, -0.2) is 69.2 Å². The molecule has 0 N–H and O–H groups in total. The van der Waals surface area contributed by atoms with Crippen LogP contribution in [0.1, 0.15) is 37.3 Å². The van der Waals surface area contributed by atoms with Crippen molar-refractivity contribution in [3.8, 4) is 0 Å². The summed E-state index contributed by atoms with van der Waals surface area (Å²) >= 11 is 0. The number of para-hydroxylation sites is 1. The maximum Gasteiger partial charge on any atom is 0.285 e. The Balaban J connectivity index is 1.23. The largest absolute Gasteiger partial charge is 0.368 e. The van der Waals surface area contributed by atoms with Crippen molar-refractivity contribution < 1.29 is 13.2 Å². The van der Waals surface area contributed by atoms with E-state index in [0.717, 1.165) is 37.3 Å². The van der Waals surface area contributed by atoms with Gasteiger partial charge in [-0.15, -0.1) is 4.40 Å². The molecule has 1 amide bonds. The lowest BCUT2D eigenvalue weighted by Crippen LogP contribution is -2.52. The molecule has 0 bridgehead atoms. The topological polar surface area (TPSA) is 73.3 Å². The molecule has 36 heavy (non-hydrogen) atoms. The third-order valence-corrected chi connectivity index (χ3v) is 8.94. The van der Waals surface area contributed by atoms with Gasteiger partial charge < -0.3 is 14.7 Å². The number of rotatable bonds is 4. The second-order valence-corrected chi connectivity index (χ2v) is 11.4. The van der Waals surface area contributed by atoms with Gasteiger partial charge in [0.2, 0.25) is 5.91 Å². The highest BCUT2D eigenvalue weighted by atomic mass is 32.2. The van der Waals surface area contributed by atoms with Gasteiger partial charge in [-0.1, -0.05) is 55.0 Å². The van der Waals surface area contributed by atoms with Crippen molar-refractivity contribution in [1.82, 2.24) is 9.80 Å². The van der Waals surface area contributed by atoms with Crippen molar-refractivity contribution in [3.63, 3.8) is 0 Å². The number of piperidine rings is 1. The first-order valence-corrected chi connectivity index (χ1v) is 14.3. The molecule has 0 atom stereocenters. The molecule has 2 fully saturated rings. The van der Waals surface area contributed by atoms with Crippen molar-refractivity contribution in [1.29, 1.82) is 0 Å². The summed E-state index contributed by atoms with van der Waals surface area (Å²) in [6.45, 7) is 8.40. The molecule has 3 heterocycles. The molecule has 0 saturated carbocycles. The van der Waals surface area contributed by atoms with Crippen LogP contribution in [-0.2, 0) is 14.8 Å². The van der Waals surface area contributed by atoms with E-state index in [1.54, 1.807) is 0 Å². The number of amides is 1. The van der Waals surface area contributed by atoms with Crippen LogP contribution in [0.4, 0.5) is 5.69 Å². The summed E-state index contributed by atoms with van der Waals surface area (Å²) in [6.07, 6.45) is 2.02. The van der Waals surface area contributed by atoms with Crippen molar-refractivity contribution in [2.75, 3.05) is 44.2 Å². The van der Waals surface area contributed by atoms with E-state index in [0.29, 0.717) is 48.7 Å². The first-order valence-electron chi connectivity index (χ1n) is 12.9. The number of aryl methyl sites for hydroxylation is 1. The number of sulfonamides is 1. The highest BCUT2D eigenvalue weighted by molar-refractivity contribution is 8.00. The van der Waals surface area contributed by atoms with Crippen molar-refractivity contribution in [2.24, 2.45) is 10.3 Å². The van der Waals surface area contributed by atoms with E-state index in [2.05, 4.69) is 26.3 Å². The highest BCUT2D eigenvalue weighted by Crippen LogP contribution is 2.36. The van der Waals surface area contributed by atoms with Crippen LogP contribution in [0.15, 0.2) is 64.6 Å². The average Bonchev–Trinajstić information content (AvgIpc) is 3.19. The standard InChI is InChI=1S/C28H34N4O3S/c1-3-25-26(22-11-9-21(2)10-12-22)36(34,35)29-27(25)31-15-13-23(14-16-31)28(33)32-19-17-30(18-20-32)24-7-5-4-6-8-24/h4-12,23H,3,13-20H2,1-2H3. The average molecular weight is 507 g/mol. The summed E-state index contributed by atoms with van der Waals surface area (Å²) in [5, 5.41) is 0. The Bertz CT molecular complexity index is 1270. The number of hydrogen-bond donors (Lipinski definition) is 0. The molecule has 190 valence electrons. The van der Waals surface area contributed by atoms with E-state index in [1.807, 2.05) is 61.2 Å². The minimum atomic E-state index is -3.74. The molecule has 0 aliphatic carbocycles. The molecule has 5 rings (SSSR count). The molecule has 2 saturated heterocycles. The van der Waals surface area contributed by atoms with Gasteiger partial charge in [0.25, 0.3) is 10.0 Å². The number of amidine groups is 1. The number of likely N-dealkylation sites (tertiary alicyclic amines) is 1. The van der Waals surface area contributed by atoms with Gasteiger partial charge in [-0.2, -0.15) is 8.42 Å². The lowest BCUT2D eigenvalue weighted by atomic mass is 9.94. The minimum Gasteiger partial charge on any atom is -0.368 e. The van der Waals surface area contributed by atoms with E-state index >= 15 is 0 Å². The molecule has 7 nitrogen and oxygen atoms in total. The van der Waals surface area contributed by atoms with Crippen LogP contribution in [0.2, 0.25) is 0 Å². The molecule has 2 aromatic rings. The third kappa shape index (κ3) is 4.78. The normalized spacial score (nSPS) is 20.6. The Morgan fingerprint density at radius 2 is 1.53 bits per heavy atom. The van der Waals surface area contributed by atoms with Gasteiger partial charge in [-0.05, 0) is 43.9 Å². The summed E-state index contributed by atoms with van der Waals surface area (Å²) in [5.74, 6) is 0.777. The molecule has 8 heteroatoms. The lowest BCUT2D eigenvalue weighted by Gasteiger charge is -2.39. The van der Waals surface area contributed by atoms with Gasteiger partial charge in [-0.3, -0.25) is 4.79 Å². The van der Waals surface area contributed by atoms with Gasteiger partial charge in [0.15, 0.2) is 0 Å². The number of carbonyl (C=O) groups is 1. The van der Waals surface area contributed by atoms with Gasteiger partial charge in [-0.25, -0.2) is 0 Å². The Hall–Kier alpha value is -3.13. The van der Waals surface area contributed by atoms with Gasteiger partial charge >= 0.3 is 0 Å². The number of piperazine rings is 1. The first-order chi connectivity index (χ1) is 17.4. The number of nitrogens with zero attached hydrogens (tertiary/aromatic N) is 4. The molecule has 3 aliphatic rings. The zero-order valence-corrected chi connectivity index (χ0v) is 21.9. The van der Waals surface area contributed by atoms with Crippen LogP contribution in [0, 0.1) is 12.8 Å². The van der Waals surface area contributed by atoms with Crippen LogP contribution in [0.5, 0.6) is 0 Å². The van der Waals surface area contributed by atoms with Crippen LogP contribution >= 0.6 is 0 Å². The van der Waals surface area contributed by atoms with E-state index in [1.165, 1.54) is 5.69 Å². The smallest absolute Gasteiger partial charge is 0.285 e. The molecular formula is C28H34N4O3S. The zero-order valence-electron chi connectivity index (χ0n) is 21.1. The molecule has 3 aliphatic heterocycles. The van der Waals surface area contributed by atoms with Gasteiger partial charge in [0.1, 0.15) is 10.7 Å². The second-order valence-electron chi connectivity index (χ2n) is 9.83. The molecule has 0 aromatic heterocycles. The first kappa shape index (κ1) is 24.6. The third-order valence-electron chi connectivity index (χ3n) is 7.53. The van der Waals surface area contributed by atoms with Crippen LogP contribution < -0.4 is 4.90 Å². The van der Waals surface area contributed by atoms with Gasteiger partial charge in [0.05, 0.1) is 0 Å². The van der Waals surface area contributed by atoms with Crippen LogP contribution in [0.25, 0.3) is 4.91 Å². The summed E-state index contributed by atoms with van der Waals surface area (Å²) in [4.78, 5) is 20.0. The maximum absolute atomic E-state index is 13.3. The lowest BCUT2D eigenvalue weighted by molar-refractivity contribution is -0.137. The molecule has 0 spiro atoms. The fourth-order valence-electron chi connectivity index (χ4n) is 5.49. The number of benzene rings is 2. The molecule has 2 aromatic carbocycles. The number of hydrogen-bond acceptors (Lipinski definition) is 5. The van der Waals surface area contributed by atoms with E-state index in [4.69, 9.17) is 0 Å². The van der Waals surface area contributed by atoms with Crippen molar-refractivity contribution in [2.45, 2.75) is 33.1 Å². The Morgan fingerprint density at radius 1 is 0.889 bits per heavy atom. The van der Waals surface area contributed by atoms with E-state index in [-0.39, 0.29) is 11.8 Å². The van der Waals surface area contributed by atoms with Crippen molar-refractivity contribution in [3.05, 3.63) is 71.3 Å². The monoisotopic (exact) mass is 506 g/mol. The fourth-order valence-corrected chi connectivity index (χ4v) is 7.01. The Labute approximate surface area is 214 Å². The molecular weight excluding hydrogens is 472 g/mol. The zero-order chi connectivity index (χ0) is 25.3. The predicted octanol–water partition coefficient (Wildman–Crippen LogP) is 3.92. The van der Waals surface area contributed by atoms with Gasteiger partial charge in [0, 0.05) is 56.4 Å². The summed E-state index contributed by atoms with van der Waals surface area (Å²) in [5.41, 5.74) is 3.76. The maximum atomic E-state index is 13.3. The fraction of sp³-hybridized carbons (Fsp3) is 0.429. The van der Waals surface area contributed by atoms with Crippen LogP contribution in [0.3, 0.4) is 0 Å². The predicted molar refractivity (Wildman–Crippen MR) is 144 cm³/mol. The molecule has 0 radical (unpaired) electrons. The number of carbonyl (C=O) groups excluding carboxylic acids is 1. The van der Waals surface area contributed by atoms with E-state index < -0.39 is 10.0 Å². The Morgan fingerprint density at radius 3 is 2.14 bits per heavy atom. The minimum absolute atomic E-state index is 0.0197. The highest BCUT2D eigenvalue weighted by Gasteiger charge is 2.37. The van der Waals surface area contributed by atoms with E-state index in [9.17, 15) is 13.2 Å². The Kier molecular flexibility index (Phi) is 6.88. The molecule has 0 unspecified atom stereocenters. The van der Waals surface area contributed by atoms with Crippen molar-refractivity contribution >= 4 is 32.4 Å². The number of anilines is 1. The summed E-state index contributed by atoms with van der Waals surface area (Å²) in [6, 6.07) is 17.9. The summed E-state index contributed by atoms with van der Waals surface area (Å²) in [7, 11) is -3.74. The second kappa shape index (κ2) is 10.1. The SMILES string of the molecule is CCC1=C(c2ccc(C)cc2)S(=O)(=O)N=C1N1CCC(C(=O)N2CCN(c3ccccc3)CC2)CC1.